The van der Waals surface area contributed by atoms with Crippen LogP contribution in [0.15, 0.2) is 64.9 Å². The largest absolute Gasteiger partial charge is 0.405 e. The second-order valence-electron chi connectivity index (χ2n) is 6.35. The molecule has 0 bridgehead atoms. The first-order chi connectivity index (χ1) is 13.8. The lowest BCUT2D eigenvalue weighted by Gasteiger charge is -2.12. The lowest BCUT2D eigenvalue weighted by molar-refractivity contribution is -0.136. The van der Waals surface area contributed by atoms with Crippen LogP contribution >= 0.6 is 11.3 Å². The molecule has 150 valence electrons. The SMILES string of the molecule is Cc1ccc(S(=O)(=O)NC(C)C(=O)Oc2csc(C=Cc3ccccc3)n2)cc1. The Labute approximate surface area is 173 Å². The van der Waals surface area contributed by atoms with Gasteiger partial charge in [-0.15, -0.1) is 11.3 Å². The molecule has 6 nitrogen and oxygen atoms in total. The average Bonchev–Trinajstić information content (AvgIpc) is 3.14. The summed E-state index contributed by atoms with van der Waals surface area (Å²) in [6.45, 7) is 3.29. The Balaban J connectivity index is 1.60. The zero-order valence-electron chi connectivity index (χ0n) is 15.9. The van der Waals surface area contributed by atoms with Crippen LogP contribution in [0, 0.1) is 6.92 Å². The Kier molecular flexibility index (Phi) is 6.58. The van der Waals surface area contributed by atoms with Gasteiger partial charge in [0.2, 0.25) is 15.9 Å². The molecular formula is C21H20N2O4S2. The number of ether oxygens (including phenoxy) is 1. The molecule has 1 unspecified atom stereocenters. The molecule has 1 aromatic heterocycles. The second-order valence-corrected chi connectivity index (χ2v) is 8.95. The summed E-state index contributed by atoms with van der Waals surface area (Å²) in [5.41, 5.74) is 1.97. The van der Waals surface area contributed by atoms with E-state index in [0.717, 1.165) is 11.1 Å². The summed E-state index contributed by atoms with van der Waals surface area (Å²) in [4.78, 5) is 16.6. The van der Waals surface area contributed by atoms with Crippen molar-refractivity contribution in [2.45, 2.75) is 24.8 Å². The molecule has 0 radical (unpaired) electrons. The number of nitrogens with zero attached hydrogens (tertiary/aromatic N) is 1. The Bertz CT molecular complexity index is 1110. The lowest BCUT2D eigenvalue weighted by atomic mass is 10.2. The predicted octanol–water partition coefficient (Wildman–Crippen LogP) is 3.89. The Hall–Kier alpha value is -2.81. The fourth-order valence-corrected chi connectivity index (χ4v) is 4.19. The van der Waals surface area contributed by atoms with E-state index >= 15 is 0 Å². The first kappa shape index (κ1) is 20.9. The molecule has 3 rings (SSSR count). The molecular weight excluding hydrogens is 408 g/mol. The number of hydrogen-bond donors (Lipinski definition) is 1. The van der Waals surface area contributed by atoms with Gasteiger partial charge in [0.05, 0.1) is 10.3 Å². The number of esters is 1. The van der Waals surface area contributed by atoms with Crippen LogP contribution in [-0.2, 0) is 14.8 Å². The van der Waals surface area contributed by atoms with Gasteiger partial charge in [0.25, 0.3) is 0 Å². The third-order valence-corrected chi connectivity index (χ3v) is 6.29. The average molecular weight is 429 g/mol. The van der Waals surface area contributed by atoms with Gasteiger partial charge in [-0.25, -0.2) is 18.2 Å². The van der Waals surface area contributed by atoms with Crippen LogP contribution in [-0.4, -0.2) is 25.4 Å². The molecule has 2 aromatic carbocycles. The first-order valence-electron chi connectivity index (χ1n) is 8.83. The number of carbonyl (C=O) groups excluding carboxylic acids is 1. The fourth-order valence-electron chi connectivity index (χ4n) is 2.38. The smallest absolute Gasteiger partial charge is 0.330 e. The maximum absolute atomic E-state index is 12.4. The van der Waals surface area contributed by atoms with Crippen molar-refractivity contribution in [3.63, 3.8) is 0 Å². The van der Waals surface area contributed by atoms with Gasteiger partial charge in [0, 0.05) is 0 Å². The van der Waals surface area contributed by atoms with Gasteiger partial charge in [-0.3, -0.25) is 0 Å². The Morgan fingerprint density at radius 2 is 1.79 bits per heavy atom. The van der Waals surface area contributed by atoms with E-state index in [1.807, 2.05) is 49.4 Å². The molecule has 0 aliphatic rings. The first-order valence-corrected chi connectivity index (χ1v) is 11.2. The van der Waals surface area contributed by atoms with E-state index in [2.05, 4.69) is 9.71 Å². The lowest BCUT2D eigenvalue weighted by Crippen LogP contribution is -2.40. The van der Waals surface area contributed by atoms with Crippen LogP contribution in [0.3, 0.4) is 0 Å². The minimum absolute atomic E-state index is 0.0877. The number of rotatable bonds is 7. The van der Waals surface area contributed by atoms with Gasteiger partial charge >= 0.3 is 5.97 Å². The highest BCUT2D eigenvalue weighted by Gasteiger charge is 2.24. The van der Waals surface area contributed by atoms with Crippen molar-refractivity contribution < 1.29 is 17.9 Å². The van der Waals surface area contributed by atoms with Crippen LogP contribution in [0.2, 0.25) is 0 Å². The Morgan fingerprint density at radius 1 is 1.10 bits per heavy atom. The minimum Gasteiger partial charge on any atom is -0.405 e. The van der Waals surface area contributed by atoms with E-state index < -0.39 is 22.0 Å². The van der Waals surface area contributed by atoms with E-state index in [4.69, 9.17) is 4.74 Å². The summed E-state index contributed by atoms with van der Waals surface area (Å²) in [6, 6.07) is 15.0. The van der Waals surface area contributed by atoms with Gasteiger partial charge in [-0.05, 0) is 37.6 Å². The van der Waals surface area contributed by atoms with Crippen molar-refractivity contribution in [2.75, 3.05) is 0 Å². The molecule has 0 aliphatic carbocycles. The summed E-state index contributed by atoms with van der Waals surface area (Å²) in [5, 5.41) is 2.27. The highest BCUT2D eigenvalue weighted by Crippen LogP contribution is 2.19. The van der Waals surface area contributed by atoms with Crippen molar-refractivity contribution in [1.82, 2.24) is 9.71 Å². The summed E-state index contributed by atoms with van der Waals surface area (Å²) in [7, 11) is -3.83. The standard InChI is InChI=1S/C21H20N2O4S2/c1-15-8-11-18(12-9-15)29(25,26)23-16(2)21(24)27-19-14-28-20(22-19)13-10-17-6-4-3-5-7-17/h3-14,16,23H,1-2H3. The third-order valence-electron chi connectivity index (χ3n) is 3.94. The van der Waals surface area contributed by atoms with E-state index in [-0.39, 0.29) is 10.8 Å². The van der Waals surface area contributed by atoms with E-state index in [1.165, 1.54) is 30.4 Å². The van der Waals surface area contributed by atoms with E-state index in [1.54, 1.807) is 17.5 Å². The quantitative estimate of drug-likeness (QED) is 0.577. The van der Waals surface area contributed by atoms with Crippen LogP contribution in [0.25, 0.3) is 12.2 Å². The van der Waals surface area contributed by atoms with Gasteiger partial charge in [0.1, 0.15) is 11.0 Å². The molecule has 0 saturated carbocycles. The fraction of sp³-hybridized carbons (Fsp3) is 0.143. The van der Waals surface area contributed by atoms with E-state index in [0.29, 0.717) is 5.01 Å². The number of sulfonamides is 1. The maximum Gasteiger partial charge on any atom is 0.330 e. The summed E-state index contributed by atoms with van der Waals surface area (Å²) < 4.78 is 32.3. The molecule has 1 N–H and O–H groups in total. The molecule has 8 heteroatoms. The number of carbonyl (C=O) groups is 1. The summed E-state index contributed by atoms with van der Waals surface area (Å²) in [5.74, 6) is -0.598. The van der Waals surface area contributed by atoms with Crippen LogP contribution < -0.4 is 9.46 Å². The molecule has 0 saturated heterocycles. The topological polar surface area (TPSA) is 85.4 Å². The van der Waals surface area contributed by atoms with E-state index in [9.17, 15) is 13.2 Å². The van der Waals surface area contributed by atoms with Gasteiger partial charge < -0.3 is 4.74 Å². The minimum atomic E-state index is -3.83. The zero-order chi connectivity index (χ0) is 20.9. The molecule has 0 aliphatic heterocycles. The molecule has 0 spiro atoms. The number of nitrogens with one attached hydrogen (secondary N) is 1. The van der Waals surface area contributed by atoms with Gasteiger partial charge in [-0.1, -0.05) is 54.1 Å². The molecule has 1 atom stereocenters. The number of hydrogen-bond acceptors (Lipinski definition) is 6. The van der Waals surface area contributed by atoms with Crippen molar-refractivity contribution in [3.05, 3.63) is 76.1 Å². The number of thiazole rings is 1. The number of aryl methyl sites for hydroxylation is 1. The van der Waals surface area contributed by atoms with Crippen molar-refractivity contribution in [3.8, 4) is 5.88 Å². The van der Waals surface area contributed by atoms with Crippen LogP contribution in [0.5, 0.6) is 5.88 Å². The van der Waals surface area contributed by atoms with Crippen LogP contribution in [0.4, 0.5) is 0 Å². The van der Waals surface area contributed by atoms with Crippen molar-refractivity contribution in [1.29, 1.82) is 0 Å². The highest BCUT2D eigenvalue weighted by atomic mass is 32.2. The number of benzene rings is 2. The normalized spacial score (nSPS) is 12.8. The van der Waals surface area contributed by atoms with Gasteiger partial charge in [0.15, 0.2) is 0 Å². The molecule has 0 fully saturated rings. The Morgan fingerprint density at radius 3 is 2.48 bits per heavy atom. The third kappa shape index (κ3) is 5.83. The van der Waals surface area contributed by atoms with Gasteiger partial charge in [-0.2, -0.15) is 4.72 Å². The monoisotopic (exact) mass is 428 g/mol. The predicted molar refractivity (Wildman–Crippen MR) is 114 cm³/mol. The number of aromatic nitrogens is 1. The summed E-state index contributed by atoms with van der Waals surface area (Å²) in [6.07, 6.45) is 3.73. The maximum atomic E-state index is 12.4. The zero-order valence-corrected chi connectivity index (χ0v) is 17.5. The van der Waals surface area contributed by atoms with Crippen molar-refractivity contribution >= 4 is 39.5 Å². The van der Waals surface area contributed by atoms with Crippen LogP contribution in [0.1, 0.15) is 23.1 Å². The molecule has 0 amide bonds. The van der Waals surface area contributed by atoms with Crippen molar-refractivity contribution in [2.24, 2.45) is 0 Å². The molecule has 3 aromatic rings. The highest BCUT2D eigenvalue weighted by molar-refractivity contribution is 7.89. The second kappa shape index (κ2) is 9.13. The molecule has 1 heterocycles. The molecule has 29 heavy (non-hydrogen) atoms. The summed E-state index contributed by atoms with van der Waals surface area (Å²) >= 11 is 1.32.